The van der Waals surface area contributed by atoms with Crippen LogP contribution >= 0.6 is 15.9 Å². The van der Waals surface area contributed by atoms with E-state index in [1.807, 2.05) is 42.5 Å². The highest BCUT2D eigenvalue weighted by Gasteiger charge is 2.10. The lowest BCUT2D eigenvalue weighted by Gasteiger charge is -2.15. The molecule has 0 aliphatic rings. The van der Waals surface area contributed by atoms with Gasteiger partial charge < -0.3 is 19.5 Å². The van der Waals surface area contributed by atoms with Gasteiger partial charge in [-0.3, -0.25) is 0 Å². The number of hydrogen-bond donors (Lipinski definition) is 1. The van der Waals surface area contributed by atoms with E-state index in [2.05, 4.69) is 35.1 Å². The second kappa shape index (κ2) is 11.2. The lowest BCUT2D eigenvalue weighted by molar-refractivity contribution is 0.0770. The van der Waals surface area contributed by atoms with Crippen LogP contribution in [0.5, 0.6) is 11.5 Å². The molecule has 0 amide bonds. The van der Waals surface area contributed by atoms with E-state index in [4.69, 9.17) is 14.2 Å². The number of benzene rings is 2. The molecule has 142 valence electrons. The van der Waals surface area contributed by atoms with Crippen LogP contribution in [0.25, 0.3) is 0 Å². The van der Waals surface area contributed by atoms with Crippen LogP contribution in [0.4, 0.5) is 0 Å². The molecule has 1 N–H and O–H groups in total. The summed E-state index contributed by atoms with van der Waals surface area (Å²) in [6.45, 7) is 7.07. The first kappa shape index (κ1) is 20.7. The fourth-order valence-electron chi connectivity index (χ4n) is 2.46. The molecule has 2 rings (SSSR count). The van der Waals surface area contributed by atoms with Crippen molar-refractivity contribution < 1.29 is 14.2 Å². The van der Waals surface area contributed by atoms with Gasteiger partial charge in [0.2, 0.25) is 0 Å². The predicted molar refractivity (Wildman–Crippen MR) is 109 cm³/mol. The summed E-state index contributed by atoms with van der Waals surface area (Å²) in [7, 11) is 1.67. The molecule has 0 fully saturated rings. The van der Waals surface area contributed by atoms with Crippen molar-refractivity contribution in [1.82, 2.24) is 5.32 Å². The number of ether oxygens (including phenoxy) is 3. The molecule has 0 aliphatic carbocycles. The van der Waals surface area contributed by atoms with Crippen LogP contribution in [-0.4, -0.2) is 26.4 Å². The quantitative estimate of drug-likeness (QED) is 0.521. The summed E-state index contributed by atoms with van der Waals surface area (Å²) in [5, 5.41) is 3.44. The van der Waals surface area contributed by atoms with Crippen molar-refractivity contribution in [2.75, 3.05) is 20.3 Å². The van der Waals surface area contributed by atoms with Crippen molar-refractivity contribution in [3.8, 4) is 11.5 Å². The molecule has 2 aromatic rings. The third kappa shape index (κ3) is 6.98. The molecule has 0 bridgehead atoms. The molecule has 0 aromatic heterocycles. The summed E-state index contributed by atoms with van der Waals surface area (Å²) in [5.41, 5.74) is 2.26. The predicted octanol–water partition coefficient (Wildman–Crippen LogP) is 4.94. The zero-order chi connectivity index (χ0) is 18.8. The molecule has 2 aromatic carbocycles. The van der Waals surface area contributed by atoms with Gasteiger partial charge in [0.25, 0.3) is 0 Å². The van der Waals surface area contributed by atoms with Crippen LogP contribution in [0.3, 0.4) is 0 Å². The molecule has 0 heterocycles. The van der Waals surface area contributed by atoms with Crippen molar-refractivity contribution in [3.05, 3.63) is 58.1 Å². The summed E-state index contributed by atoms with van der Waals surface area (Å²) in [6.07, 6.45) is 1.28. The van der Waals surface area contributed by atoms with Gasteiger partial charge in [-0.2, -0.15) is 0 Å². The lowest BCUT2D eigenvalue weighted by Crippen LogP contribution is -2.17. The Balaban J connectivity index is 1.89. The Morgan fingerprint density at radius 1 is 1.08 bits per heavy atom. The Labute approximate surface area is 165 Å². The fourth-order valence-corrected chi connectivity index (χ4v) is 2.92. The van der Waals surface area contributed by atoms with Crippen molar-refractivity contribution in [3.63, 3.8) is 0 Å². The van der Waals surface area contributed by atoms with Gasteiger partial charge >= 0.3 is 0 Å². The van der Waals surface area contributed by atoms with Crippen molar-refractivity contribution in [1.29, 1.82) is 0 Å². The van der Waals surface area contributed by atoms with E-state index in [9.17, 15) is 0 Å². The third-order valence-electron chi connectivity index (χ3n) is 3.83. The van der Waals surface area contributed by atoms with Crippen LogP contribution in [0, 0.1) is 0 Å². The maximum absolute atomic E-state index is 5.94. The van der Waals surface area contributed by atoms with Gasteiger partial charge in [0.1, 0.15) is 6.61 Å². The summed E-state index contributed by atoms with van der Waals surface area (Å²) in [5.74, 6) is 1.47. The number of rotatable bonds is 11. The van der Waals surface area contributed by atoms with E-state index in [-0.39, 0.29) is 6.10 Å². The van der Waals surface area contributed by atoms with Crippen molar-refractivity contribution in [2.24, 2.45) is 0 Å². The second-order valence-corrected chi connectivity index (χ2v) is 7.17. The highest BCUT2D eigenvalue weighted by molar-refractivity contribution is 9.10. The van der Waals surface area contributed by atoms with Crippen LogP contribution in [0.2, 0.25) is 0 Å². The molecule has 0 atom stereocenters. The molecule has 4 nitrogen and oxygen atoms in total. The van der Waals surface area contributed by atoms with E-state index in [0.717, 1.165) is 53.2 Å². The Morgan fingerprint density at radius 3 is 2.54 bits per heavy atom. The Kier molecular flexibility index (Phi) is 8.95. The van der Waals surface area contributed by atoms with Gasteiger partial charge in [0, 0.05) is 17.6 Å². The molecule has 0 radical (unpaired) electrons. The van der Waals surface area contributed by atoms with E-state index in [1.165, 1.54) is 0 Å². The smallest absolute Gasteiger partial charge is 0.162 e. The molecule has 0 saturated carbocycles. The zero-order valence-electron chi connectivity index (χ0n) is 15.8. The first-order valence-corrected chi connectivity index (χ1v) is 9.75. The SMILES string of the molecule is COc1cc(CNCCCOC(C)C)c(Br)cc1OCc1ccccc1. The molecule has 0 spiro atoms. The molecule has 26 heavy (non-hydrogen) atoms. The Hall–Kier alpha value is -1.56. The van der Waals surface area contributed by atoms with Gasteiger partial charge in [0.05, 0.1) is 13.2 Å². The minimum absolute atomic E-state index is 0.289. The summed E-state index contributed by atoms with van der Waals surface area (Å²) >= 11 is 3.64. The molecule has 5 heteroatoms. The zero-order valence-corrected chi connectivity index (χ0v) is 17.3. The van der Waals surface area contributed by atoms with E-state index in [0.29, 0.717) is 6.61 Å². The minimum atomic E-state index is 0.289. The minimum Gasteiger partial charge on any atom is -0.493 e. The highest BCUT2D eigenvalue weighted by Crippen LogP contribution is 2.34. The third-order valence-corrected chi connectivity index (χ3v) is 4.57. The van der Waals surface area contributed by atoms with Gasteiger partial charge in [-0.1, -0.05) is 46.3 Å². The number of halogens is 1. The lowest BCUT2D eigenvalue weighted by atomic mass is 10.2. The topological polar surface area (TPSA) is 39.7 Å². The van der Waals surface area contributed by atoms with Gasteiger partial charge in [0.15, 0.2) is 11.5 Å². The average molecular weight is 422 g/mol. The largest absolute Gasteiger partial charge is 0.493 e. The Bertz CT molecular complexity index is 662. The molecule has 0 unspecified atom stereocenters. The van der Waals surface area contributed by atoms with Crippen molar-refractivity contribution in [2.45, 2.75) is 39.5 Å². The second-order valence-electron chi connectivity index (χ2n) is 6.32. The summed E-state index contributed by atoms with van der Waals surface area (Å²) < 4.78 is 18.0. The van der Waals surface area contributed by atoms with E-state index >= 15 is 0 Å². The first-order chi connectivity index (χ1) is 12.6. The fraction of sp³-hybridized carbons (Fsp3) is 0.429. The average Bonchev–Trinajstić information content (AvgIpc) is 2.64. The van der Waals surface area contributed by atoms with Crippen LogP contribution in [-0.2, 0) is 17.9 Å². The molecule has 0 aliphatic heterocycles. The Morgan fingerprint density at radius 2 is 1.85 bits per heavy atom. The summed E-state index contributed by atoms with van der Waals surface area (Å²) in [6, 6.07) is 14.1. The molecular weight excluding hydrogens is 394 g/mol. The van der Waals surface area contributed by atoms with Crippen molar-refractivity contribution >= 4 is 15.9 Å². The molecule has 0 saturated heterocycles. The van der Waals surface area contributed by atoms with E-state index in [1.54, 1.807) is 7.11 Å². The molecular formula is C21H28BrNO3. The number of nitrogens with one attached hydrogen (secondary N) is 1. The van der Waals surface area contributed by atoms with Gasteiger partial charge in [-0.05, 0) is 50.1 Å². The maximum atomic E-state index is 5.94. The van der Waals surface area contributed by atoms with E-state index < -0.39 is 0 Å². The maximum Gasteiger partial charge on any atom is 0.162 e. The van der Waals surface area contributed by atoms with Crippen LogP contribution in [0.15, 0.2) is 46.9 Å². The normalized spacial score (nSPS) is 11.0. The summed E-state index contributed by atoms with van der Waals surface area (Å²) in [4.78, 5) is 0. The highest BCUT2D eigenvalue weighted by atomic mass is 79.9. The number of methoxy groups -OCH3 is 1. The number of hydrogen-bond acceptors (Lipinski definition) is 4. The van der Waals surface area contributed by atoms with Crippen LogP contribution in [0.1, 0.15) is 31.4 Å². The van der Waals surface area contributed by atoms with Gasteiger partial charge in [-0.15, -0.1) is 0 Å². The standard InChI is InChI=1S/C21H28BrNO3/c1-16(2)25-11-7-10-23-14-18-12-20(24-3)21(13-19(18)22)26-15-17-8-5-4-6-9-17/h4-6,8-9,12-13,16,23H,7,10-11,14-15H2,1-3H3. The first-order valence-electron chi connectivity index (χ1n) is 8.95. The van der Waals surface area contributed by atoms with Crippen LogP contribution < -0.4 is 14.8 Å². The van der Waals surface area contributed by atoms with Gasteiger partial charge in [-0.25, -0.2) is 0 Å². The monoisotopic (exact) mass is 421 g/mol.